The van der Waals surface area contributed by atoms with Gasteiger partial charge in [-0.25, -0.2) is 9.97 Å². The van der Waals surface area contributed by atoms with Crippen LogP contribution in [0.5, 0.6) is 5.88 Å². The Morgan fingerprint density at radius 2 is 2.25 bits per heavy atom. The van der Waals surface area contributed by atoms with Crippen molar-refractivity contribution < 1.29 is 4.74 Å². The van der Waals surface area contributed by atoms with Gasteiger partial charge >= 0.3 is 0 Å². The van der Waals surface area contributed by atoms with Gasteiger partial charge in [-0.15, -0.1) is 0 Å². The second kappa shape index (κ2) is 4.28. The average Bonchev–Trinajstić information content (AvgIpc) is 2.78. The standard InChI is InChI=1S/C10H10N4OS/c1-15-8-6-7(2-3-12-8)14-5-4-13-10(14)9(11)16/h2-6H,1H3,(H2,11,16). The molecule has 0 aliphatic rings. The highest BCUT2D eigenvalue weighted by Crippen LogP contribution is 2.14. The summed E-state index contributed by atoms with van der Waals surface area (Å²) in [4.78, 5) is 8.36. The molecule has 0 aliphatic carbocycles. The molecule has 5 nitrogen and oxygen atoms in total. The van der Waals surface area contributed by atoms with E-state index in [1.165, 1.54) is 0 Å². The molecule has 0 spiro atoms. The number of methoxy groups -OCH3 is 1. The minimum atomic E-state index is 0.251. The lowest BCUT2D eigenvalue weighted by Crippen LogP contribution is -2.15. The zero-order chi connectivity index (χ0) is 11.5. The minimum Gasteiger partial charge on any atom is -0.481 e. The highest BCUT2D eigenvalue weighted by Gasteiger charge is 2.07. The number of hydrogen-bond acceptors (Lipinski definition) is 4. The number of nitrogens with zero attached hydrogens (tertiary/aromatic N) is 3. The Morgan fingerprint density at radius 1 is 1.44 bits per heavy atom. The number of nitrogens with two attached hydrogens (primary N) is 1. The summed E-state index contributed by atoms with van der Waals surface area (Å²) in [6.07, 6.45) is 5.07. The van der Waals surface area contributed by atoms with E-state index in [0.29, 0.717) is 11.7 Å². The number of pyridine rings is 1. The Labute approximate surface area is 97.9 Å². The van der Waals surface area contributed by atoms with E-state index in [4.69, 9.17) is 22.7 Å². The van der Waals surface area contributed by atoms with E-state index in [2.05, 4.69) is 9.97 Å². The van der Waals surface area contributed by atoms with Gasteiger partial charge in [0.2, 0.25) is 5.88 Å². The summed E-state index contributed by atoms with van der Waals surface area (Å²) in [6.45, 7) is 0. The van der Waals surface area contributed by atoms with E-state index in [9.17, 15) is 0 Å². The Balaban J connectivity index is 2.50. The third kappa shape index (κ3) is 1.87. The van der Waals surface area contributed by atoms with Gasteiger partial charge in [0.05, 0.1) is 12.8 Å². The number of imidazole rings is 1. The van der Waals surface area contributed by atoms with Gasteiger partial charge in [0.25, 0.3) is 0 Å². The van der Waals surface area contributed by atoms with Gasteiger partial charge in [-0.3, -0.25) is 4.57 Å². The smallest absolute Gasteiger partial charge is 0.215 e. The predicted molar refractivity (Wildman–Crippen MR) is 63.8 cm³/mol. The van der Waals surface area contributed by atoms with Crippen LogP contribution < -0.4 is 10.5 Å². The summed E-state index contributed by atoms with van der Waals surface area (Å²) in [5.74, 6) is 1.07. The first-order valence-corrected chi connectivity index (χ1v) is 4.97. The van der Waals surface area contributed by atoms with E-state index < -0.39 is 0 Å². The van der Waals surface area contributed by atoms with Gasteiger partial charge in [-0.1, -0.05) is 12.2 Å². The Hall–Kier alpha value is -1.95. The highest BCUT2D eigenvalue weighted by molar-refractivity contribution is 7.80. The lowest BCUT2D eigenvalue weighted by atomic mass is 10.4. The van der Waals surface area contributed by atoms with E-state index >= 15 is 0 Å². The van der Waals surface area contributed by atoms with Crippen LogP contribution in [0.25, 0.3) is 5.69 Å². The fraction of sp³-hybridized carbons (Fsp3) is 0.100. The van der Waals surface area contributed by atoms with Crippen LogP contribution in [0.1, 0.15) is 5.82 Å². The molecule has 0 aliphatic heterocycles. The summed E-state index contributed by atoms with van der Waals surface area (Å²) in [5.41, 5.74) is 6.42. The van der Waals surface area contributed by atoms with Crippen LogP contribution in [0.15, 0.2) is 30.7 Å². The van der Waals surface area contributed by atoms with Crippen LogP contribution >= 0.6 is 12.2 Å². The van der Waals surface area contributed by atoms with Crippen molar-refractivity contribution in [1.82, 2.24) is 14.5 Å². The third-order valence-corrected chi connectivity index (χ3v) is 2.25. The Bertz CT molecular complexity index is 523. The van der Waals surface area contributed by atoms with Crippen LogP contribution in [0.3, 0.4) is 0 Å². The van der Waals surface area contributed by atoms with E-state index in [1.54, 1.807) is 36.3 Å². The van der Waals surface area contributed by atoms with Gasteiger partial charge in [0, 0.05) is 24.7 Å². The van der Waals surface area contributed by atoms with Crippen molar-refractivity contribution in [3.05, 3.63) is 36.5 Å². The second-order valence-corrected chi connectivity index (χ2v) is 3.48. The molecule has 0 unspecified atom stereocenters. The van der Waals surface area contributed by atoms with Gasteiger partial charge in [0.1, 0.15) is 4.99 Å². The van der Waals surface area contributed by atoms with Crippen molar-refractivity contribution in [2.24, 2.45) is 5.73 Å². The number of rotatable bonds is 3. The van der Waals surface area contributed by atoms with E-state index in [-0.39, 0.29) is 4.99 Å². The van der Waals surface area contributed by atoms with E-state index in [0.717, 1.165) is 5.69 Å². The topological polar surface area (TPSA) is 66.0 Å². The molecule has 2 N–H and O–H groups in total. The molecule has 82 valence electrons. The zero-order valence-corrected chi connectivity index (χ0v) is 9.44. The lowest BCUT2D eigenvalue weighted by molar-refractivity contribution is 0.397. The number of thiocarbonyl (C=S) groups is 1. The lowest BCUT2D eigenvalue weighted by Gasteiger charge is -2.07. The monoisotopic (exact) mass is 234 g/mol. The highest BCUT2D eigenvalue weighted by atomic mass is 32.1. The maximum absolute atomic E-state index is 5.57. The van der Waals surface area contributed by atoms with Crippen molar-refractivity contribution in [2.75, 3.05) is 7.11 Å². The molecule has 2 heterocycles. The third-order valence-electron chi connectivity index (χ3n) is 2.07. The molecule has 0 bridgehead atoms. The molecular formula is C10H10N4OS. The molecule has 0 saturated heterocycles. The zero-order valence-electron chi connectivity index (χ0n) is 8.62. The van der Waals surface area contributed by atoms with Crippen molar-refractivity contribution in [3.63, 3.8) is 0 Å². The van der Waals surface area contributed by atoms with Crippen molar-refractivity contribution in [3.8, 4) is 11.6 Å². The SMILES string of the molecule is COc1cc(-n2ccnc2C(N)=S)ccn1. The van der Waals surface area contributed by atoms with Crippen molar-refractivity contribution in [2.45, 2.75) is 0 Å². The molecule has 0 amide bonds. The van der Waals surface area contributed by atoms with Gasteiger partial charge in [-0.2, -0.15) is 0 Å². The first-order chi connectivity index (χ1) is 7.72. The molecule has 0 atom stereocenters. The molecule has 2 rings (SSSR count). The number of hydrogen-bond donors (Lipinski definition) is 1. The van der Waals surface area contributed by atoms with Crippen molar-refractivity contribution >= 4 is 17.2 Å². The van der Waals surface area contributed by atoms with Crippen LogP contribution in [-0.4, -0.2) is 26.6 Å². The predicted octanol–water partition coefficient (Wildman–Crippen LogP) is 0.910. The molecule has 2 aromatic rings. The molecule has 0 aromatic carbocycles. The van der Waals surface area contributed by atoms with E-state index in [1.807, 2.05) is 6.07 Å². The molecule has 0 saturated carbocycles. The normalized spacial score (nSPS) is 10.1. The molecule has 6 heteroatoms. The summed E-state index contributed by atoms with van der Waals surface area (Å²) in [7, 11) is 1.56. The average molecular weight is 234 g/mol. The minimum absolute atomic E-state index is 0.251. The molecular weight excluding hydrogens is 224 g/mol. The van der Waals surface area contributed by atoms with Crippen LogP contribution in [-0.2, 0) is 0 Å². The maximum Gasteiger partial charge on any atom is 0.215 e. The maximum atomic E-state index is 5.57. The summed E-state index contributed by atoms with van der Waals surface area (Å²) < 4.78 is 6.83. The molecule has 16 heavy (non-hydrogen) atoms. The molecule has 0 fully saturated rings. The quantitative estimate of drug-likeness (QED) is 0.800. The molecule has 0 radical (unpaired) electrons. The fourth-order valence-corrected chi connectivity index (χ4v) is 1.51. The second-order valence-electron chi connectivity index (χ2n) is 3.04. The largest absolute Gasteiger partial charge is 0.481 e. The Kier molecular flexibility index (Phi) is 2.82. The van der Waals surface area contributed by atoms with Gasteiger partial charge in [0.15, 0.2) is 5.82 Å². The van der Waals surface area contributed by atoms with Crippen LogP contribution in [0.4, 0.5) is 0 Å². The Morgan fingerprint density at radius 3 is 2.94 bits per heavy atom. The van der Waals surface area contributed by atoms with Crippen LogP contribution in [0.2, 0.25) is 0 Å². The molecule has 2 aromatic heterocycles. The van der Waals surface area contributed by atoms with Gasteiger partial charge in [-0.05, 0) is 6.07 Å². The number of aromatic nitrogens is 3. The first-order valence-electron chi connectivity index (χ1n) is 4.56. The summed E-state index contributed by atoms with van der Waals surface area (Å²) in [6, 6.07) is 3.61. The fourth-order valence-electron chi connectivity index (χ4n) is 1.35. The number of ether oxygens (including phenoxy) is 1. The summed E-state index contributed by atoms with van der Waals surface area (Å²) in [5, 5.41) is 0. The van der Waals surface area contributed by atoms with Gasteiger partial charge < -0.3 is 10.5 Å². The summed E-state index contributed by atoms with van der Waals surface area (Å²) >= 11 is 4.91. The van der Waals surface area contributed by atoms with Crippen molar-refractivity contribution in [1.29, 1.82) is 0 Å². The van der Waals surface area contributed by atoms with Crippen LogP contribution in [0, 0.1) is 0 Å². The first kappa shape index (κ1) is 10.6.